The van der Waals surface area contributed by atoms with E-state index < -0.39 is 0 Å². The molecule has 0 aliphatic carbocycles. The monoisotopic (exact) mass is 200 g/mol. The minimum Gasteiger partial charge on any atom is -0.381 e. The van der Waals surface area contributed by atoms with Crippen LogP contribution in [-0.4, -0.2) is 51.2 Å². The van der Waals surface area contributed by atoms with E-state index in [0.717, 1.165) is 32.7 Å². The number of nitrogens with zero attached hydrogens (tertiary/aromatic N) is 1. The fourth-order valence-electron chi connectivity index (χ4n) is 1.55. The lowest BCUT2D eigenvalue weighted by Crippen LogP contribution is -2.33. The van der Waals surface area contributed by atoms with E-state index in [1.807, 2.05) is 14.1 Å². The first-order chi connectivity index (χ1) is 6.74. The number of nitrogens with one attached hydrogen (secondary N) is 1. The average Bonchev–Trinajstić information content (AvgIpc) is 2.66. The highest BCUT2D eigenvalue weighted by Gasteiger charge is 2.20. The molecule has 0 spiro atoms. The molecule has 1 aliphatic heterocycles. The van der Waals surface area contributed by atoms with Gasteiger partial charge in [0.15, 0.2) is 0 Å². The van der Waals surface area contributed by atoms with Crippen LogP contribution in [0, 0.1) is 5.92 Å². The molecule has 0 bridgehead atoms. The minimum absolute atomic E-state index is 0.232. The molecule has 0 aromatic rings. The molecule has 1 saturated heterocycles. The third kappa shape index (κ3) is 3.64. The Morgan fingerprint density at radius 3 is 3.00 bits per heavy atom. The van der Waals surface area contributed by atoms with Crippen LogP contribution in [0.15, 0.2) is 0 Å². The van der Waals surface area contributed by atoms with Crippen molar-refractivity contribution in [2.75, 3.05) is 40.4 Å². The number of amides is 1. The predicted octanol–water partition coefficient (Wildman–Crippen LogP) is 0.0908. The Bertz CT molecular complexity index is 179. The number of hydrogen-bond donors (Lipinski definition) is 1. The van der Waals surface area contributed by atoms with Gasteiger partial charge >= 0.3 is 0 Å². The van der Waals surface area contributed by atoms with Crippen molar-refractivity contribution in [3.8, 4) is 0 Å². The molecule has 1 amide bonds. The molecule has 4 heteroatoms. The first kappa shape index (κ1) is 11.5. The quantitative estimate of drug-likeness (QED) is 0.684. The lowest BCUT2D eigenvalue weighted by molar-refractivity contribution is -0.130. The molecule has 14 heavy (non-hydrogen) atoms. The number of likely N-dealkylation sites (N-methyl/N-ethyl adjacent to an activating group) is 2. The number of rotatable bonds is 5. The molecule has 1 atom stereocenters. The van der Waals surface area contributed by atoms with Gasteiger partial charge < -0.3 is 15.0 Å². The van der Waals surface area contributed by atoms with Crippen LogP contribution in [0.1, 0.15) is 12.8 Å². The van der Waals surface area contributed by atoms with Crippen LogP contribution in [0.25, 0.3) is 0 Å². The highest BCUT2D eigenvalue weighted by Crippen LogP contribution is 2.16. The summed E-state index contributed by atoms with van der Waals surface area (Å²) in [5, 5.41) is 3.03. The lowest BCUT2D eigenvalue weighted by Gasteiger charge is -2.18. The van der Waals surface area contributed by atoms with Crippen LogP contribution in [0.4, 0.5) is 0 Å². The van der Waals surface area contributed by atoms with Gasteiger partial charge in [-0.15, -0.1) is 0 Å². The van der Waals surface area contributed by atoms with Crippen molar-refractivity contribution in [1.29, 1.82) is 0 Å². The Labute approximate surface area is 85.6 Å². The zero-order valence-electron chi connectivity index (χ0n) is 9.08. The third-order valence-electron chi connectivity index (χ3n) is 2.61. The molecular formula is C10H20N2O2. The van der Waals surface area contributed by atoms with Gasteiger partial charge in [0, 0.05) is 39.8 Å². The second-order valence-corrected chi connectivity index (χ2v) is 3.85. The van der Waals surface area contributed by atoms with E-state index in [1.165, 1.54) is 0 Å². The van der Waals surface area contributed by atoms with Crippen molar-refractivity contribution >= 4 is 5.91 Å². The molecule has 1 unspecified atom stereocenters. The molecule has 0 aromatic carbocycles. The van der Waals surface area contributed by atoms with Gasteiger partial charge in [0.1, 0.15) is 0 Å². The Hall–Kier alpha value is -0.610. The number of ether oxygens (including phenoxy) is 1. The van der Waals surface area contributed by atoms with Crippen molar-refractivity contribution in [2.24, 2.45) is 5.92 Å². The van der Waals surface area contributed by atoms with E-state index in [-0.39, 0.29) is 5.91 Å². The predicted molar refractivity (Wildman–Crippen MR) is 55.1 cm³/mol. The van der Waals surface area contributed by atoms with Gasteiger partial charge in [-0.05, 0) is 19.4 Å². The highest BCUT2D eigenvalue weighted by molar-refractivity contribution is 5.76. The maximum atomic E-state index is 11.6. The molecule has 1 N–H and O–H groups in total. The summed E-state index contributed by atoms with van der Waals surface area (Å²) in [4.78, 5) is 13.4. The van der Waals surface area contributed by atoms with Crippen molar-refractivity contribution < 1.29 is 9.53 Å². The summed E-state index contributed by atoms with van der Waals surface area (Å²) in [6.45, 7) is 3.20. The van der Waals surface area contributed by atoms with Crippen molar-refractivity contribution in [3.05, 3.63) is 0 Å². The number of carbonyl (C=O) groups excluding carboxylic acids is 1. The maximum absolute atomic E-state index is 11.6. The summed E-state index contributed by atoms with van der Waals surface area (Å²) in [5.41, 5.74) is 0. The zero-order chi connectivity index (χ0) is 10.4. The molecule has 4 nitrogen and oxygen atoms in total. The van der Waals surface area contributed by atoms with E-state index in [2.05, 4.69) is 5.32 Å². The molecule has 0 radical (unpaired) electrons. The lowest BCUT2D eigenvalue weighted by atomic mass is 10.0. The Kier molecular flexibility index (Phi) is 4.90. The molecule has 82 valence electrons. The summed E-state index contributed by atoms with van der Waals surface area (Å²) < 4.78 is 5.24. The van der Waals surface area contributed by atoms with Gasteiger partial charge in [0.2, 0.25) is 5.91 Å². The van der Waals surface area contributed by atoms with Crippen molar-refractivity contribution in [3.63, 3.8) is 0 Å². The number of hydrogen-bond acceptors (Lipinski definition) is 3. The molecule has 1 rings (SSSR count). The maximum Gasteiger partial charge on any atom is 0.222 e. The van der Waals surface area contributed by atoms with Gasteiger partial charge in [-0.25, -0.2) is 0 Å². The summed E-state index contributed by atoms with van der Waals surface area (Å²) in [5.74, 6) is 0.676. The van der Waals surface area contributed by atoms with E-state index in [0.29, 0.717) is 12.3 Å². The van der Waals surface area contributed by atoms with Crippen molar-refractivity contribution in [2.45, 2.75) is 12.8 Å². The first-order valence-corrected chi connectivity index (χ1v) is 5.20. The second-order valence-electron chi connectivity index (χ2n) is 3.85. The highest BCUT2D eigenvalue weighted by atomic mass is 16.5. The van der Waals surface area contributed by atoms with Crippen molar-refractivity contribution in [1.82, 2.24) is 10.2 Å². The van der Waals surface area contributed by atoms with Crippen LogP contribution < -0.4 is 5.32 Å². The first-order valence-electron chi connectivity index (χ1n) is 5.20. The number of carbonyl (C=O) groups is 1. The summed E-state index contributed by atoms with van der Waals surface area (Å²) in [6.07, 6.45) is 1.67. The van der Waals surface area contributed by atoms with Crippen LogP contribution in [0.5, 0.6) is 0 Å². The summed E-state index contributed by atoms with van der Waals surface area (Å²) in [7, 11) is 3.75. The van der Waals surface area contributed by atoms with Crippen LogP contribution in [0.2, 0.25) is 0 Å². The average molecular weight is 200 g/mol. The molecule has 1 fully saturated rings. The van der Waals surface area contributed by atoms with Gasteiger partial charge in [0.05, 0.1) is 0 Å². The van der Waals surface area contributed by atoms with E-state index in [9.17, 15) is 4.79 Å². The third-order valence-corrected chi connectivity index (χ3v) is 2.61. The van der Waals surface area contributed by atoms with Crippen LogP contribution in [0.3, 0.4) is 0 Å². The van der Waals surface area contributed by atoms with Crippen LogP contribution in [-0.2, 0) is 9.53 Å². The Morgan fingerprint density at radius 1 is 1.64 bits per heavy atom. The van der Waals surface area contributed by atoms with E-state index in [1.54, 1.807) is 4.90 Å². The molecular weight excluding hydrogens is 180 g/mol. The van der Waals surface area contributed by atoms with Gasteiger partial charge in [-0.3, -0.25) is 4.79 Å². The largest absolute Gasteiger partial charge is 0.381 e. The minimum atomic E-state index is 0.232. The summed E-state index contributed by atoms with van der Waals surface area (Å²) >= 11 is 0. The molecule has 1 aliphatic rings. The normalized spacial score (nSPS) is 21.1. The standard InChI is InChI=1S/C10H20N2O2/c1-11-4-5-12(2)10(13)7-9-3-6-14-8-9/h9,11H,3-8H2,1-2H3. The Balaban J connectivity index is 2.18. The topological polar surface area (TPSA) is 41.6 Å². The molecule has 1 heterocycles. The fourth-order valence-corrected chi connectivity index (χ4v) is 1.55. The van der Waals surface area contributed by atoms with Gasteiger partial charge in [-0.2, -0.15) is 0 Å². The van der Waals surface area contributed by atoms with Crippen LogP contribution >= 0.6 is 0 Å². The van der Waals surface area contributed by atoms with E-state index in [4.69, 9.17) is 4.74 Å². The fraction of sp³-hybridized carbons (Fsp3) is 0.900. The molecule has 0 saturated carbocycles. The zero-order valence-corrected chi connectivity index (χ0v) is 9.08. The molecule has 0 aromatic heterocycles. The smallest absolute Gasteiger partial charge is 0.222 e. The van der Waals surface area contributed by atoms with Gasteiger partial charge in [-0.1, -0.05) is 0 Å². The summed E-state index contributed by atoms with van der Waals surface area (Å²) in [6, 6.07) is 0. The second kappa shape index (κ2) is 5.98. The van der Waals surface area contributed by atoms with Gasteiger partial charge in [0.25, 0.3) is 0 Å². The SMILES string of the molecule is CNCCN(C)C(=O)CC1CCOC1. The Morgan fingerprint density at radius 2 is 2.43 bits per heavy atom. The van der Waals surface area contributed by atoms with E-state index >= 15 is 0 Å².